The van der Waals surface area contributed by atoms with Crippen LogP contribution in [0.3, 0.4) is 0 Å². The Kier molecular flexibility index (Phi) is 22.3. The molecule has 6 aliphatic rings. The first-order chi connectivity index (χ1) is 37.9. The standard InChI is InChI=1S/C39H56FN3O4.C25H33FN2O3/c1-2-3-4-5-6-7-8-9-10-11-12-13-14-15-16-19-38(45)46-34-24-25-35-37(31-34)47-41-39(35)43-29-27-42(28-30-43)26-17-18-36(44)32-20-22-33(40)23-21-32;26-21-5-3-20(4-6-21)22(29)2-1-7-27-8-10-28(11-9-27)25-15-18-12-19(16-25)14-24(13-18,17-25)23(30)31/h20-25,31H,2-19,26-30H2,1H3;3-6,18-19H,1-2,7-17H2,(H,30,31). The summed E-state index contributed by atoms with van der Waals surface area (Å²) >= 11 is 0. The number of fused-ring (bicyclic) bond motifs is 1. The number of halogens is 2. The average molecular weight is 1080 g/mol. The van der Waals surface area contributed by atoms with Gasteiger partial charge in [0.05, 0.1) is 10.8 Å². The van der Waals surface area contributed by atoms with Gasteiger partial charge in [0.25, 0.3) is 0 Å². The fraction of sp³-hybridized carbons (Fsp3) is 0.641. The number of carboxylic acid groups (broad SMARTS) is 1. The molecule has 0 spiro atoms. The number of carbonyl (C=O) groups excluding carboxylic acids is 3. The zero-order valence-electron chi connectivity index (χ0n) is 46.9. The Hall–Kier alpha value is -5.05. The van der Waals surface area contributed by atoms with Crippen molar-refractivity contribution in [2.24, 2.45) is 17.3 Å². The number of ether oxygens (including phenoxy) is 1. The molecule has 2 aliphatic heterocycles. The van der Waals surface area contributed by atoms with Crippen LogP contribution in [0.2, 0.25) is 0 Å². The fourth-order valence-corrected chi connectivity index (χ4v) is 14.0. The second kappa shape index (κ2) is 29.4. The molecule has 14 heteroatoms. The van der Waals surface area contributed by atoms with Crippen LogP contribution in [0.1, 0.15) is 195 Å². The van der Waals surface area contributed by atoms with Crippen molar-refractivity contribution in [3.63, 3.8) is 0 Å². The van der Waals surface area contributed by atoms with E-state index in [9.17, 15) is 33.1 Å². The van der Waals surface area contributed by atoms with Crippen LogP contribution in [0.15, 0.2) is 71.3 Å². The van der Waals surface area contributed by atoms with Crippen LogP contribution < -0.4 is 9.64 Å². The topological polar surface area (TPSA) is 137 Å². The highest BCUT2D eigenvalue weighted by Crippen LogP contribution is 2.63. The van der Waals surface area contributed by atoms with Gasteiger partial charge in [0.1, 0.15) is 17.4 Å². The number of carboxylic acids is 1. The number of aromatic nitrogens is 1. The van der Waals surface area contributed by atoms with Gasteiger partial charge >= 0.3 is 11.9 Å². The number of anilines is 1. The molecule has 10 rings (SSSR count). The molecule has 2 atom stereocenters. The smallest absolute Gasteiger partial charge is 0.311 e. The summed E-state index contributed by atoms with van der Waals surface area (Å²) in [7, 11) is 0. The lowest BCUT2D eigenvalue weighted by Gasteiger charge is -2.64. The molecule has 4 aliphatic carbocycles. The van der Waals surface area contributed by atoms with E-state index < -0.39 is 11.4 Å². The maximum Gasteiger partial charge on any atom is 0.311 e. The third kappa shape index (κ3) is 16.8. The number of hydrogen-bond acceptors (Lipinski definition) is 11. The summed E-state index contributed by atoms with van der Waals surface area (Å²) in [5.41, 5.74) is 1.39. The number of carbonyl (C=O) groups is 4. The largest absolute Gasteiger partial charge is 0.481 e. The molecule has 2 saturated heterocycles. The number of esters is 1. The number of ketones is 2. The highest BCUT2D eigenvalue weighted by molar-refractivity contribution is 5.96. The van der Waals surface area contributed by atoms with E-state index >= 15 is 0 Å². The van der Waals surface area contributed by atoms with Crippen molar-refractivity contribution >= 4 is 40.3 Å². The first-order valence-electron chi connectivity index (χ1n) is 30.3. The summed E-state index contributed by atoms with van der Waals surface area (Å²) in [6.07, 6.45) is 28.7. The number of piperazine rings is 2. The van der Waals surface area contributed by atoms with Gasteiger partial charge in [0, 0.05) is 94.4 Å². The predicted molar refractivity (Wildman–Crippen MR) is 303 cm³/mol. The van der Waals surface area contributed by atoms with Crippen molar-refractivity contribution in [2.45, 2.75) is 179 Å². The highest BCUT2D eigenvalue weighted by atomic mass is 19.1. The monoisotopic (exact) mass is 1080 g/mol. The molecule has 6 fully saturated rings. The van der Waals surface area contributed by atoms with Gasteiger partial charge in [-0.15, -0.1) is 0 Å². The molecule has 0 radical (unpaired) electrons. The third-order valence-electron chi connectivity index (χ3n) is 17.9. The summed E-state index contributed by atoms with van der Waals surface area (Å²) in [5, 5.41) is 15.2. The molecule has 3 heterocycles. The van der Waals surface area contributed by atoms with Crippen LogP contribution in [0, 0.1) is 28.9 Å². The molecule has 426 valence electrons. The SMILES string of the molecule is CCCCCCCCCCCCCCCCCC(=O)Oc1ccc2c(N3CCN(CCCC(=O)c4ccc(F)cc4)CC3)noc2c1.O=C(CCCN1CCN(C23CC4CC(CC(C(=O)O)(C4)C2)C3)CC1)c1ccc(F)cc1. The molecule has 1 N–H and O–H groups in total. The van der Waals surface area contributed by atoms with Crippen LogP contribution in [0.4, 0.5) is 14.6 Å². The van der Waals surface area contributed by atoms with E-state index in [0.717, 1.165) is 122 Å². The maximum absolute atomic E-state index is 13.1. The van der Waals surface area contributed by atoms with Gasteiger partial charge in [-0.1, -0.05) is 102 Å². The second-order valence-electron chi connectivity index (χ2n) is 23.8. The van der Waals surface area contributed by atoms with Gasteiger partial charge in [0.15, 0.2) is 23.0 Å². The number of hydrogen-bond donors (Lipinski definition) is 1. The summed E-state index contributed by atoms with van der Waals surface area (Å²) < 4.78 is 37.4. The number of unbranched alkanes of at least 4 members (excludes halogenated alkanes) is 14. The van der Waals surface area contributed by atoms with Crippen molar-refractivity contribution in [1.29, 1.82) is 0 Å². The van der Waals surface area contributed by atoms with Crippen molar-refractivity contribution in [1.82, 2.24) is 19.9 Å². The number of aliphatic carboxylic acids is 1. The summed E-state index contributed by atoms with van der Waals surface area (Å²) in [5.74, 6) is 1.20. The Morgan fingerprint density at radius 2 is 1.09 bits per heavy atom. The average Bonchev–Trinajstić information content (AvgIpc) is 3.96. The van der Waals surface area contributed by atoms with Crippen LogP contribution in [0.25, 0.3) is 11.0 Å². The molecule has 4 aromatic rings. The molecular formula is C64H89F2N5O7. The number of rotatable bonds is 30. The zero-order valence-corrected chi connectivity index (χ0v) is 46.9. The predicted octanol–water partition coefficient (Wildman–Crippen LogP) is 13.7. The van der Waals surface area contributed by atoms with E-state index in [1.807, 2.05) is 12.1 Å². The van der Waals surface area contributed by atoms with Crippen molar-refractivity contribution in [3.05, 3.63) is 89.5 Å². The van der Waals surface area contributed by atoms with Gasteiger partial charge < -0.3 is 24.2 Å². The number of Topliss-reactive ketones (excluding diaryl/α,β-unsaturated/α-hetero) is 2. The van der Waals surface area contributed by atoms with Crippen molar-refractivity contribution in [2.75, 3.05) is 70.3 Å². The van der Waals surface area contributed by atoms with Crippen molar-refractivity contribution in [3.8, 4) is 5.75 Å². The number of benzene rings is 3. The van der Waals surface area contributed by atoms with E-state index in [2.05, 4.69) is 31.7 Å². The van der Waals surface area contributed by atoms with Gasteiger partial charge in [-0.05, 0) is 143 Å². The van der Waals surface area contributed by atoms with Gasteiger partial charge in [0.2, 0.25) is 0 Å². The zero-order chi connectivity index (χ0) is 54.7. The third-order valence-corrected chi connectivity index (χ3v) is 17.9. The molecule has 1 aromatic heterocycles. The molecule has 4 saturated carbocycles. The lowest BCUT2D eigenvalue weighted by atomic mass is 9.46. The molecule has 12 nitrogen and oxygen atoms in total. The van der Waals surface area contributed by atoms with E-state index in [0.29, 0.717) is 53.6 Å². The lowest BCUT2D eigenvalue weighted by Crippen LogP contribution is -2.67. The van der Waals surface area contributed by atoms with E-state index in [1.54, 1.807) is 30.3 Å². The fourth-order valence-electron chi connectivity index (χ4n) is 14.0. The molecule has 0 amide bonds. The minimum atomic E-state index is -0.560. The quantitative estimate of drug-likeness (QED) is 0.0230. The maximum atomic E-state index is 13.1. The molecule has 78 heavy (non-hydrogen) atoms. The Labute approximate surface area is 463 Å². The summed E-state index contributed by atoms with van der Waals surface area (Å²) in [6, 6.07) is 17.1. The molecule has 3 aromatic carbocycles. The summed E-state index contributed by atoms with van der Waals surface area (Å²) in [4.78, 5) is 58.9. The van der Waals surface area contributed by atoms with Gasteiger partial charge in [-0.2, -0.15) is 0 Å². The van der Waals surface area contributed by atoms with E-state index in [1.165, 1.54) is 127 Å². The summed E-state index contributed by atoms with van der Waals surface area (Å²) in [6.45, 7) is 11.3. The molecule has 4 bridgehead atoms. The Morgan fingerprint density at radius 1 is 0.603 bits per heavy atom. The highest BCUT2D eigenvalue weighted by Gasteiger charge is 2.62. The van der Waals surface area contributed by atoms with Gasteiger partial charge in [-0.3, -0.25) is 29.0 Å². The minimum Gasteiger partial charge on any atom is -0.481 e. The Balaban J connectivity index is 0.000000223. The van der Waals surface area contributed by atoms with E-state index in [-0.39, 0.29) is 34.7 Å². The molecular weight excluding hydrogens is 989 g/mol. The van der Waals surface area contributed by atoms with Crippen LogP contribution in [-0.2, 0) is 9.59 Å². The lowest BCUT2D eigenvalue weighted by molar-refractivity contribution is -0.181. The Morgan fingerprint density at radius 3 is 1.59 bits per heavy atom. The molecule has 2 unspecified atom stereocenters. The second-order valence-corrected chi connectivity index (χ2v) is 23.8. The van der Waals surface area contributed by atoms with Gasteiger partial charge in [-0.25, -0.2) is 8.78 Å². The first kappa shape index (κ1) is 59.1. The Bertz CT molecular complexity index is 2510. The van der Waals surface area contributed by atoms with Crippen LogP contribution >= 0.6 is 0 Å². The van der Waals surface area contributed by atoms with E-state index in [4.69, 9.17) is 9.26 Å². The van der Waals surface area contributed by atoms with Crippen LogP contribution in [0.5, 0.6) is 5.75 Å². The van der Waals surface area contributed by atoms with Crippen molar-refractivity contribution < 1.29 is 42.3 Å². The van der Waals surface area contributed by atoms with Crippen LogP contribution in [-0.4, -0.2) is 119 Å². The number of nitrogens with zero attached hydrogens (tertiary/aromatic N) is 5. The minimum absolute atomic E-state index is 0.0489. The normalized spacial score (nSPS) is 22.4. The first-order valence-corrected chi connectivity index (χ1v) is 30.3.